The van der Waals surface area contributed by atoms with Gasteiger partial charge in [-0.15, -0.1) is 11.8 Å². The van der Waals surface area contributed by atoms with Gasteiger partial charge >= 0.3 is 0 Å². The van der Waals surface area contributed by atoms with Gasteiger partial charge in [-0.2, -0.15) is 5.26 Å². The number of nitrogens with zero attached hydrogens (tertiary/aromatic N) is 1. The van der Waals surface area contributed by atoms with Crippen molar-refractivity contribution in [1.82, 2.24) is 0 Å². The van der Waals surface area contributed by atoms with E-state index in [1.165, 1.54) is 4.90 Å². The van der Waals surface area contributed by atoms with Gasteiger partial charge in [0.25, 0.3) is 0 Å². The summed E-state index contributed by atoms with van der Waals surface area (Å²) in [4.78, 5) is 1.18. The maximum atomic E-state index is 8.80. The first-order valence-corrected chi connectivity index (χ1v) is 5.95. The summed E-state index contributed by atoms with van der Waals surface area (Å²) in [6, 6.07) is 10.2. The van der Waals surface area contributed by atoms with Crippen molar-refractivity contribution in [2.75, 3.05) is 12.9 Å². The summed E-state index contributed by atoms with van der Waals surface area (Å²) in [5, 5.41) is 8.80. The maximum absolute atomic E-state index is 8.80. The second kappa shape index (κ2) is 6.36. The lowest BCUT2D eigenvalue weighted by molar-refractivity contribution is 0.414. The van der Waals surface area contributed by atoms with Crippen LogP contribution in [0.4, 0.5) is 0 Å². The fraction of sp³-hybridized carbons (Fsp3) is 0.417. The Balaban J connectivity index is 2.48. The summed E-state index contributed by atoms with van der Waals surface area (Å²) in [6.45, 7) is 2.04. The number of hydrogen-bond acceptors (Lipinski definition) is 3. The molecule has 0 aromatic heterocycles. The van der Waals surface area contributed by atoms with E-state index in [2.05, 4.69) is 6.07 Å². The van der Waals surface area contributed by atoms with E-state index in [4.69, 9.17) is 10.00 Å². The molecule has 0 N–H and O–H groups in total. The van der Waals surface area contributed by atoms with E-state index in [9.17, 15) is 0 Å². The zero-order chi connectivity index (χ0) is 11.1. The van der Waals surface area contributed by atoms with Gasteiger partial charge < -0.3 is 4.74 Å². The zero-order valence-corrected chi connectivity index (χ0v) is 9.88. The van der Waals surface area contributed by atoms with Crippen LogP contribution in [0.5, 0.6) is 5.75 Å². The molecular formula is C12H15NOS. The number of ether oxygens (including phenoxy) is 1. The van der Waals surface area contributed by atoms with Crippen molar-refractivity contribution in [2.45, 2.75) is 18.2 Å². The Morgan fingerprint density at radius 1 is 1.40 bits per heavy atom. The quantitative estimate of drug-likeness (QED) is 0.715. The van der Waals surface area contributed by atoms with E-state index < -0.39 is 0 Å². The minimum Gasteiger partial charge on any atom is -0.497 e. The maximum Gasteiger partial charge on any atom is 0.118 e. The van der Waals surface area contributed by atoms with Crippen molar-refractivity contribution in [3.8, 4) is 11.8 Å². The molecule has 0 amide bonds. The SMILES string of the molecule is CCC(C#N)CSc1ccc(OC)cc1. The van der Waals surface area contributed by atoms with Crippen LogP contribution >= 0.6 is 11.8 Å². The van der Waals surface area contributed by atoms with Gasteiger partial charge in [-0.3, -0.25) is 0 Å². The van der Waals surface area contributed by atoms with Crippen LogP contribution in [0.25, 0.3) is 0 Å². The van der Waals surface area contributed by atoms with Gasteiger partial charge in [-0.1, -0.05) is 6.92 Å². The van der Waals surface area contributed by atoms with E-state index in [0.29, 0.717) is 0 Å². The summed E-state index contributed by atoms with van der Waals surface area (Å²) in [5.41, 5.74) is 0. The smallest absolute Gasteiger partial charge is 0.118 e. The Bertz CT molecular complexity index is 328. The van der Waals surface area contributed by atoms with Crippen molar-refractivity contribution < 1.29 is 4.74 Å². The Kier molecular flexibility index (Phi) is 5.06. The highest BCUT2D eigenvalue weighted by Crippen LogP contribution is 2.23. The number of methoxy groups -OCH3 is 1. The molecule has 1 rings (SSSR count). The van der Waals surface area contributed by atoms with Crippen LogP contribution in [0.15, 0.2) is 29.2 Å². The fourth-order valence-electron chi connectivity index (χ4n) is 1.12. The summed E-state index contributed by atoms with van der Waals surface area (Å²) in [6.07, 6.45) is 0.916. The van der Waals surface area contributed by atoms with Crippen LogP contribution in [0.3, 0.4) is 0 Å². The highest BCUT2D eigenvalue weighted by Gasteiger charge is 2.04. The van der Waals surface area contributed by atoms with Crippen molar-refractivity contribution in [3.05, 3.63) is 24.3 Å². The molecular weight excluding hydrogens is 206 g/mol. The molecule has 80 valence electrons. The Labute approximate surface area is 95.3 Å². The Hall–Kier alpha value is -1.14. The fourth-order valence-corrected chi connectivity index (χ4v) is 2.15. The molecule has 1 aromatic carbocycles. The normalized spacial score (nSPS) is 11.8. The van der Waals surface area contributed by atoms with E-state index >= 15 is 0 Å². The molecule has 1 atom stereocenters. The largest absolute Gasteiger partial charge is 0.497 e. The average molecular weight is 221 g/mol. The van der Waals surface area contributed by atoms with E-state index in [0.717, 1.165) is 17.9 Å². The molecule has 3 heteroatoms. The molecule has 0 spiro atoms. The predicted molar refractivity (Wildman–Crippen MR) is 63.1 cm³/mol. The first kappa shape index (κ1) is 11.9. The lowest BCUT2D eigenvalue weighted by Gasteiger charge is -2.06. The van der Waals surface area contributed by atoms with Gasteiger partial charge in [0.05, 0.1) is 19.1 Å². The molecule has 0 aliphatic rings. The minimum absolute atomic E-state index is 0.150. The first-order chi connectivity index (χ1) is 7.30. The number of benzene rings is 1. The Morgan fingerprint density at radius 2 is 2.07 bits per heavy atom. The third-order valence-electron chi connectivity index (χ3n) is 2.19. The van der Waals surface area contributed by atoms with Gasteiger partial charge in [0.15, 0.2) is 0 Å². The first-order valence-electron chi connectivity index (χ1n) is 4.96. The summed E-state index contributed by atoms with van der Waals surface area (Å²) in [7, 11) is 1.66. The van der Waals surface area contributed by atoms with Crippen molar-refractivity contribution in [1.29, 1.82) is 5.26 Å². The molecule has 0 aliphatic heterocycles. The van der Waals surface area contributed by atoms with Crippen LogP contribution in [0.2, 0.25) is 0 Å². The lowest BCUT2D eigenvalue weighted by atomic mass is 10.1. The van der Waals surface area contributed by atoms with Crippen LogP contribution in [0.1, 0.15) is 13.3 Å². The van der Waals surface area contributed by atoms with Crippen molar-refractivity contribution >= 4 is 11.8 Å². The molecule has 0 bridgehead atoms. The third-order valence-corrected chi connectivity index (χ3v) is 3.36. The molecule has 1 unspecified atom stereocenters. The second-order valence-electron chi connectivity index (χ2n) is 3.22. The van der Waals surface area contributed by atoms with Crippen LogP contribution < -0.4 is 4.74 Å². The van der Waals surface area contributed by atoms with E-state index in [1.807, 2.05) is 31.2 Å². The predicted octanol–water partition coefficient (Wildman–Crippen LogP) is 3.34. The topological polar surface area (TPSA) is 33.0 Å². The number of rotatable bonds is 5. The summed E-state index contributed by atoms with van der Waals surface area (Å²) < 4.78 is 5.08. The number of thioether (sulfide) groups is 1. The second-order valence-corrected chi connectivity index (χ2v) is 4.31. The molecule has 0 fully saturated rings. The van der Waals surface area contributed by atoms with Gasteiger partial charge in [0, 0.05) is 10.6 Å². The highest BCUT2D eigenvalue weighted by molar-refractivity contribution is 7.99. The minimum atomic E-state index is 0.150. The lowest BCUT2D eigenvalue weighted by Crippen LogP contribution is -1.97. The van der Waals surface area contributed by atoms with Crippen LogP contribution in [0, 0.1) is 17.2 Å². The standard InChI is InChI=1S/C12H15NOS/c1-3-10(8-13)9-15-12-6-4-11(14-2)5-7-12/h4-7,10H,3,9H2,1-2H3. The molecule has 0 radical (unpaired) electrons. The van der Waals surface area contributed by atoms with Gasteiger partial charge in [0.1, 0.15) is 5.75 Å². The Morgan fingerprint density at radius 3 is 2.53 bits per heavy atom. The molecule has 0 saturated carbocycles. The molecule has 0 aliphatic carbocycles. The molecule has 0 heterocycles. The number of nitriles is 1. The van der Waals surface area contributed by atoms with Gasteiger partial charge in [-0.05, 0) is 30.7 Å². The third kappa shape index (κ3) is 3.85. The molecule has 2 nitrogen and oxygen atoms in total. The zero-order valence-electron chi connectivity index (χ0n) is 9.06. The summed E-state index contributed by atoms with van der Waals surface area (Å²) >= 11 is 1.72. The van der Waals surface area contributed by atoms with E-state index in [-0.39, 0.29) is 5.92 Å². The van der Waals surface area contributed by atoms with Crippen LogP contribution in [-0.2, 0) is 0 Å². The van der Waals surface area contributed by atoms with Gasteiger partial charge in [0.2, 0.25) is 0 Å². The number of hydrogen-bond donors (Lipinski definition) is 0. The van der Waals surface area contributed by atoms with Crippen molar-refractivity contribution in [3.63, 3.8) is 0 Å². The molecule has 1 aromatic rings. The van der Waals surface area contributed by atoms with Crippen LogP contribution in [-0.4, -0.2) is 12.9 Å². The molecule has 15 heavy (non-hydrogen) atoms. The molecule has 0 saturated heterocycles. The van der Waals surface area contributed by atoms with E-state index in [1.54, 1.807) is 18.9 Å². The summed E-state index contributed by atoms with van der Waals surface area (Å²) in [5.74, 6) is 1.88. The van der Waals surface area contributed by atoms with Crippen molar-refractivity contribution in [2.24, 2.45) is 5.92 Å². The monoisotopic (exact) mass is 221 g/mol. The highest BCUT2D eigenvalue weighted by atomic mass is 32.2. The van der Waals surface area contributed by atoms with Gasteiger partial charge in [-0.25, -0.2) is 0 Å². The average Bonchev–Trinajstić information content (AvgIpc) is 2.31.